The molecule has 0 radical (unpaired) electrons. The molecule has 1 unspecified atom stereocenters. The number of aryl methyl sites for hydroxylation is 1. The van der Waals surface area contributed by atoms with Crippen LogP contribution < -0.4 is 0 Å². The fourth-order valence-electron chi connectivity index (χ4n) is 2.82. The lowest BCUT2D eigenvalue weighted by atomic mass is 10.1. The summed E-state index contributed by atoms with van der Waals surface area (Å²) in [5.41, 5.74) is 2.15. The second kappa shape index (κ2) is 7.87. The van der Waals surface area contributed by atoms with E-state index < -0.39 is 0 Å². The zero-order chi connectivity index (χ0) is 15.9. The predicted molar refractivity (Wildman–Crippen MR) is 85.5 cm³/mol. The van der Waals surface area contributed by atoms with Crippen molar-refractivity contribution in [2.24, 2.45) is 0 Å². The number of carbonyl (C=O) groups excluding carboxylic acids is 1. The molecule has 6 nitrogen and oxygen atoms in total. The Morgan fingerprint density at radius 2 is 2.22 bits per heavy atom. The van der Waals surface area contributed by atoms with E-state index in [2.05, 4.69) is 15.2 Å². The molecule has 122 valence electrons. The topological polar surface area (TPSA) is 71.1 Å². The number of nitrogens with one attached hydrogen (secondary N) is 1. The van der Waals surface area contributed by atoms with E-state index in [1.807, 2.05) is 23.2 Å². The normalized spacial score (nSPS) is 17.3. The molecule has 0 aliphatic carbocycles. The fourth-order valence-corrected chi connectivity index (χ4v) is 2.82. The van der Waals surface area contributed by atoms with Crippen LogP contribution in [0.4, 0.5) is 0 Å². The SMILES string of the molecule is O=C(CCc1cn[nH]c1)N(Cc1ccncc1)CC1CCCO1. The summed E-state index contributed by atoms with van der Waals surface area (Å²) in [6.45, 7) is 2.07. The van der Waals surface area contributed by atoms with Gasteiger partial charge in [0.2, 0.25) is 5.91 Å². The number of hydrogen-bond donors (Lipinski definition) is 1. The summed E-state index contributed by atoms with van der Waals surface area (Å²) in [5, 5.41) is 6.70. The van der Waals surface area contributed by atoms with Gasteiger partial charge in [-0.1, -0.05) is 0 Å². The maximum absolute atomic E-state index is 12.7. The van der Waals surface area contributed by atoms with E-state index in [0.717, 1.165) is 30.6 Å². The van der Waals surface area contributed by atoms with Crippen LogP contribution in [0.1, 0.15) is 30.4 Å². The number of ether oxygens (including phenoxy) is 1. The number of amides is 1. The first-order chi connectivity index (χ1) is 11.3. The van der Waals surface area contributed by atoms with Crippen molar-refractivity contribution in [2.45, 2.75) is 38.3 Å². The number of pyridine rings is 1. The Morgan fingerprint density at radius 1 is 1.35 bits per heavy atom. The number of hydrogen-bond acceptors (Lipinski definition) is 4. The molecule has 1 atom stereocenters. The van der Waals surface area contributed by atoms with E-state index in [-0.39, 0.29) is 12.0 Å². The molecular formula is C17H22N4O2. The first-order valence-electron chi connectivity index (χ1n) is 8.07. The maximum atomic E-state index is 12.7. The lowest BCUT2D eigenvalue weighted by Crippen LogP contribution is -2.37. The van der Waals surface area contributed by atoms with Gasteiger partial charge in [-0.05, 0) is 42.5 Å². The average molecular weight is 314 g/mol. The predicted octanol–water partition coefficient (Wildman–Crippen LogP) is 1.95. The third-order valence-electron chi connectivity index (χ3n) is 4.11. The molecule has 6 heteroatoms. The first-order valence-corrected chi connectivity index (χ1v) is 8.07. The molecule has 3 rings (SSSR count). The molecule has 1 aliphatic rings. The van der Waals surface area contributed by atoms with Gasteiger partial charge in [0.25, 0.3) is 0 Å². The van der Waals surface area contributed by atoms with Crippen LogP contribution in [0.25, 0.3) is 0 Å². The fraction of sp³-hybridized carbons (Fsp3) is 0.471. The molecule has 1 fully saturated rings. The number of rotatable bonds is 7. The van der Waals surface area contributed by atoms with E-state index in [9.17, 15) is 4.79 Å². The van der Waals surface area contributed by atoms with Gasteiger partial charge < -0.3 is 9.64 Å². The summed E-state index contributed by atoms with van der Waals surface area (Å²) in [4.78, 5) is 18.6. The van der Waals surface area contributed by atoms with Crippen LogP contribution in [0.5, 0.6) is 0 Å². The Hall–Kier alpha value is -2.21. The summed E-state index contributed by atoms with van der Waals surface area (Å²) >= 11 is 0. The highest BCUT2D eigenvalue weighted by atomic mass is 16.5. The van der Waals surface area contributed by atoms with Crippen molar-refractivity contribution in [3.63, 3.8) is 0 Å². The lowest BCUT2D eigenvalue weighted by Gasteiger charge is -2.25. The van der Waals surface area contributed by atoms with Gasteiger partial charge in [0.1, 0.15) is 0 Å². The Labute approximate surface area is 135 Å². The number of nitrogens with zero attached hydrogens (tertiary/aromatic N) is 3. The molecule has 3 heterocycles. The monoisotopic (exact) mass is 314 g/mol. The average Bonchev–Trinajstić information content (AvgIpc) is 3.26. The summed E-state index contributed by atoms with van der Waals surface area (Å²) < 4.78 is 5.70. The van der Waals surface area contributed by atoms with Gasteiger partial charge in [0.05, 0.1) is 12.3 Å². The van der Waals surface area contributed by atoms with Crippen molar-refractivity contribution >= 4 is 5.91 Å². The van der Waals surface area contributed by atoms with Gasteiger partial charge in [-0.2, -0.15) is 5.10 Å². The summed E-state index contributed by atoms with van der Waals surface area (Å²) in [5.74, 6) is 0.151. The van der Waals surface area contributed by atoms with Gasteiger partial charge in [-0.15, -0.1) is 0 Å². The van der Waals surface area contributed by atoms with Crippen molar-refractivity contribution in [3.05, 3.63) is 48.0 Å². The standard InChI is InChI=1S/C17H22N4O2/c22-17(4-3-15-10-19-20-11-15)21(13-16-2-1-9-23-16)12-14-5-7-18-8-6-14/h5-8,10-11,16H,1-4,9,12-13H2,(H,19,20). The Morgan fingerprint density at radius 3 is 2.91 bits per heavy atom. The Bertz CT molecular complexity index is 594. The number of carbonyl (C=O) groups is 1. The summed E-state index contributed by atoms with van der Waals surface area (Å²) in [7, 11) is 0. The molecule has 0 spiro atoms. The van der Waals surface area contributed by atoms with Crippen LogP contribution >= 0.6 is 0 Å². The summed E-state index contributed by atoms with van der Waals surface area (Å²) in [6, 6.07) is 3.90. The van der Waals surface area contributed by atoms with Crippen molar-refractivity contribution in [2.75, 3.05) is 13.2 Å². The summed E-state index contributed by atoms with van der Waals surface area (Å²) in [6.07, 6.45) is 10.6. The third-order valence-corrected chi connectivity index (χ3v) is 4.11. The number of aromatic nitrogens is 3. The first kappa shape index (κ1) is 15.7. The van der Waals surface area contributed by atoms with Gasteiger partial charge in [0.15, 0.2) is 0 Å². The largest absolute Gasteiger partial charge is 0.376 e. The van der Waals surface area contributed by atoms with E-state index in [4.69, 9.17) is 4.74 Å². The molecular weight excluding hydrogens is 292 g/mol. The highest BCUT2D eigenvalue weighted by Gasteiger charge is 2.22. The van der Waals surface area contributed by atoms with Crippen LogP contribution in [0, 0.1) is 0 Å². The van der Waals surface area contributed by atoms with Crippen molar-refractivity contribution < 1.29 is 9.53 Å². The van der Waals surface area contributed by atoms with Crippen LogP contribution in [-0.4, -0.2) is 45.2 Å². The van der Waals surface area contributed by atoms with Crippen molar-refractivity contribution in [3.8, 4) is 0 Å². The van der Waals surface area contributed by atoms with Crippen molar-refractivity contribution in [1.82, 2.24) is 20.1 Å². The van der Waals surface area contributed by atoms with E-state index >= 15 is 0 Å². The molecule has 1 aliphatic heterocycles. The van der Waals surface area contributed by atoms with E-state index in [0.29, 0.717) is 25.9 Å². The van der Waals surface area contributed by atoms with Gasteiger partial charge in [-0.3, -0.25) is 14.9 Å². The number of aromatic amines is 1. The zero-order valence-electron chi connectivity index (χ0n) is 13.1. The smallest absolute Gasteiger partial charge is 0.223 e. The molecule has 0 aromatic carbocycles. The van der Waals surface area contributed by atoms with Crippen LogP contribution in [0.3, 0.4) is 0 Å². The minimum atomic E-state index is 0.151. The van der Waals surface area contributed by atoms with Crippen LogP contribution in [-0.2, 0) is 22.5 Å². The Kier molecular flexibility index (Phi) is 5.37. The van der Waals surface area contributed by atoms with E-state index in [1.54, 1.807) is 18.6 Å². The molecule has 23 heavy (non-hydrogen) atoms. The highest BCUT2D eigenvalue weighted by molar-refractivity contribution is 5.76. The number of H-pyrrole nitrogens is 1. The second-order valence-electron chi connectivity index (χ2n) is 5.87. The van der Waals surface area contributed by atoms with Crippen molar-refractivity contribution in [1.29, 1.82) is 0 Å². The zero-order valence-corrected chi connectivity index (χ0v) is 13.1. The van der Waals surface area contributed by atoms with Crippen LogP contribution in [0.2, 0.25) is 0 Å². The van der Waals surface area contributed by atoms with E-state index in [1.165, 1.54) is 0 Å². The highest BCUT2D eigenvalue weighted by Crippen LogP contribution is 2.16. The third kappa shape index (κ3) is 4.63. The molecule has 1 amide bonds. The minimum Gasteiger partial charge on any atom is -0.376 e. The molecule has 2 aromatic rings. The van der Waals surface area contributed by atoms with Gasteiger partial charge in [0, 0.05) is 44.7 Å². The lowest BCUT2D eigenvalue weighted by molar-refractivity contribution is -0.133. The van der Waals surface area contributed by atoms with Gasteiger partial charge in [-0.25, -0.2) is 0 Å². The molecule has 1 N–H and O–H groups in total. The molecule has 0 bridgehead atoms. The molecule has 0 saturated carbocycles. The minimum absolute atomic E-state index is 0.151. The van der Waals surface area contributed by atoms with Gasteiger partial charge >= 0.3 is 0 Å². The quantitative estimate of drug-likeness (QED) is 0.848. The Balaban J connectivity index is 1.61. The van der Waals surface area contributed by atoms with Crippen LogP contribution in [0.15, 0.2) is 36.9 Å². The maximum Gasteiger partial charge on any atom is 0.223 e. The molecule has 2 aromatic heterocycles. The molecule has 1 saturated heterocycles. The second-order valence-corrected chi connectivity index (χ2v) is 5.87.